The fraction of sp³-hybridized carbons (Fsp3) is 0.227. The second kappa shape index (κ2) is 8.02. The maximum atomic E-state index is 12.4. The molecule has 160 valence electrons. The number of methoxy groups -OCH3 is 2. The SMILES string of the molecule is COc1cc(Nc2ncc(C)c(Nn3c(=O)oc4c(C)cccc43)n2)cc(C)c1OC. The molecule has 0 radical (unpaired) electrons. The summed E-state index contributed by atoms with van der Waals surface area (Å²) in [6.07, 6.45) is 1.67. The van der Waals surface area contributed by atoms with Gasteiger partial charge in [0, 0.05) is 23.5 Å². The van der Waals surface area contributed by atoms with Crippen LogP contribution in [0.15, 0.2) is 45.7 Å². The number of benzene rings is 2. The Labute approximate surface area is 178 Å². The summed E-state index contributed by atoms with van der Waals surface area (Å²) in [6.45, 7) is 5.66. The van der Waals surface area contributed by atoms with E-state index in [4.69, 9.17) is 13.9 Å². The normalized spacial score (nSPS) is 10.9. The minimum atomic E-state index is -0.521. The molecule has 9 heteroatoms. The van der Waals surface area contributed by atoms with Gasteiger partial charge in [0.15, 0.2) is 22.9 Å². The summed E-state index contributed by atoms with van der Waals surface area (Å²) in [6, 6.07) is 9.28. The van der Waals surface area contributed by atoms with Crippen molar-refractivity contribution in [2.45, 2.75) is 20.8 Å². The maximum absolute atomic E-state index is 12.4. The number of hydrogen-bond acceptors (Lipinski definition) is 8. The summed E-state index contributed by atoms with van der Waals surface area (Å²) in [4.78, 5) is 21.3. The lowest BCUT2D eigenvalue weighted by Gasteiger charge is -2.14. The van der Waals surface area contributed by atoms with E-state index in [1.165, 1.54) is 4.68 Å². The maximum Gasteiger partial charge on any atom is 0.439 e. The third kappa shape index (κ3) is 3.77. The summed E-state index contributed by atoms with van der Waals surface area (Å²) < 4.78 is 17.5. The van der Waals surface area contributed by atoms with Crippen LogP contribution in [0.5, 0.6) is 11.5 Å². The van der Waals surface area contributed by atoms with Gasteiger partial charge in [0.2, 0.25) is 5.95 Å². The highest BCUT2D eigenvalue weighted by atomic mass is 16.5. The number of para-hydroxylation sites is 1. The molecule has 2 heterocycles. The molecule has 2 N–H and O–H groups in total. The van der Waals surface area contributed by atoms with Crippen molar-refractivity contribution in [2.75, 3.05) is 25.0 Å². The number of oxazole rings is 1. The van der Waals surface area contributed by atoms with Crippen LogP contribution in [0.2, 0.25) is 0 Å². The van der Waals surface area contributed by atoms with Crippen molar-refractivity contribution < 1.29 is 13.9 Å². The Morgan fingerprint density at radius 1 is 1.03 bits per heavy atom. The first-order valence-corrected chi connectivity index (χ1v) is 9.62. The first-order valence-electron chi connectivity index (χ1n) is 9.62. The summed E-state index contributed by atoms with van der Waals surface area (Å²) in [5.41, 5.74) is 7.50. The first kappa shape index (κ1) is 20.3. The molecule has 4 aromatic rings. The quantitative estimate of drug-likeness (QED) is 0.482. The summed E-state index contributed by atoms with van der Waals surface area (Å²) >= 11 is 0. The molecule has 9 nitrogen and oxygen atoms in total. The number of ether oxygens (including phenoxy) is 2. The molecule has 0 amide bonds. The molecule has 0 bridgehead atoms. The average molecular weight is 421 g/mol. The summed E-state index contributed by atoms with van der Waals surface area (Å²) in [7, 11) is 3.18. The third-order valence-corrected chi connectivity index (χ3v) is 4.91. The molecule has 0 aliphatic carbocycles. The number of rotatable bonds is 6. The number of aryl methyl sites for hydroxylation is 3. The molecule has 0 unspecified atom stereocenters. The Hall–Kier alpha value is -4.01. The minimum absolute atomic E-state index is 0.358. The van der Waals surface area contributed by atoms with Crippen LogP contribution in [-0.4, -0.2) is 28.9 Å². The predicted molar refractivity (Wildman–Crippen MR) is 119 cm³/mol. The lowest BCUT2D eigenvalue weighted by atomic mass is 10.2. The molecule has 0 spiro atoms. The van der Waals surface area contributed by atoms with Crippen molar-refractivity contribution in [2.24, 2.45) is 0 Å². The molecule has 0 aliphatic heterocycles. The van der Waals surface area contributed by atoms with E-state index in [1.807, 2.05) is 45.0 Å². The van der Waals surface area contributed by atoms with Gasteiger partial charge in [0.25, 0.3) is 0 Å². The van der Waals surface area contributed by atoms with E-state index in [2.05, 4.69) is 20.7 Å². The summed E-state index contributed by atoms with van der Waals surface area (Å²) in [5.74, 6) is 1.58. The van der Waals surface area contributed by atoms with Crippen molar-refractivity contribution in [3.8, 4) is 11.5 Å². The first-order chi connectivity index (χ1) is 14.9. The zero-order valence-corrected chi connectivity index (χ0v) is 17.9. The summed E-state index contributed by atoms with van der Waals surface area (Å²) in [5, 5.41) is 3.17. The molecule has 31 heavy (non-hydrogen) atoms. The fourth-order valence-electron chi connectivity index (χ4n) is 3.36. The van der Waals surface area contributed by atoms with Crippen molar-refractivity contribution in [3.05, 3.63) is 63.8 Å². The van der Waals surface area contributed by atoms with Gasteiger partial charge in [-0.2, -0.15) is 9.66 Å². The van der Waals surface area contributed by atoms with Gasteiger partial charge in [0.1, 0.15) is 5.52 Å². The molecule has 0 fully saturated rings. The molecule has 2 aromatic carbocycles. The highest BCUT2D eigenvalue weighted by molar-refractivity contribution is 5.77. The Morgan fingerprint density at radius 3 is 2.58 bits per heavy atom. The van der Waals surface area contributed by atoms with Gasteiger partial charge in [-0.25, -0.2) is 9.78 Å². The van der Waals surface area contributed by atoms with Crippen molar-refractivity contribution in [1.29, 1.82) is 0 Å². The Kier molecular flexibility index (Phi) is 5.24. The number of aromatic nitrogens is 3. The molecule has 0 aliphatic rings. The zero-order valence-electron chi connectivity index (χ0n) is 17.9. The number of fused-ring (bicyclic) bond motifs is 1. The smallest absolute Gasteiger partial charge is 0.439 e. The van der Waals surface area contributed by atoms with E-state index >= 15 is 0 Å². The van der Waals surface area contributed by atoms with E-state index in [0.29, 0.717) is 34.4 Å². The minimum Gasteiger partial charge on any atom is -0.493 e. The Bertz CT molecular complexity index is 1330. The number of anilines is 3. The molecule has 0 saturated carbocycles. The van der Waals surface area contributed by atoms with Crippen LogP contribution in [-0.2, 0) is 0 Å². The third-order valence-electron chi connectivity index (χ3n) is 4.91. The van der Waals surface area contributed by atoms with Gasteiger partial charge in [-0.05, 0) is 44.0 Å². The Balaban J connectivity index is 1.68. The zero-order chi connectivity index (χ0) is 22.1. The largest absolute Gasteiger partial charge is 0.493 e. The van der Waals surface area contributed by atoms with E-state index < -0.39 is 5.76 Å². The monoisotopic (exact) mass is 421 g/mol. The van der Waals surface area contributed by atoms with E-state index in [1.54, 1.807) is 26.5 Å². The van der Waals surface area contributed by atoms with Gasteiger partial charge in [-0.1, -0.05) is 12.1 Å². The van der Waals surface area contributed by atoms with Crippen LogP contribution in [0.25, 0.3) is 11.1 Å². The van der Waals surface area contributed by atoms with Crippen LogP contribution >= 0.6 is 0 Å². The topological polar surface area (TPSA) is 103 Å². The molecular weight excluding hydrogens is 398 g/mol. The Morgan fingerprint density at radius 2 is 1.84 bits per heavy atom. The second-order valence-electron chi connectivity index (χ2n) is 7.12. The van der Waals surface area contributed by atoms with Gasteiger partial charge in [0.05, 0.1) is 14.2 Å². The van der Waals surface area contributed by atoms with Crippen LogP contribution in [0.1, 0.15) is 16.7 Å². The average Bonchev–Trinajstić information content (AvgIpc) is 3.06. The number of hydrogen-bond donors (Lipinski definition) is 2. The standard InChI is InChI=1S/C22H23N5O4/c1-12-7-6-8-16-18(12)31-22(28)27(16)26-20-14(3)11-23-21(25-20)24-15-9-13(2)19(30-5)17(10-15)29-4/h6-11H,1-5H3,(H2,23,24,25,26). The van der Waals surface area contributed by atoms with Crippen molar-refractivity contribution in [3.63, 3.8) is 0 Å². The highest BCUT2D eigenvalue weighted by Gasteiger charge is 2.14. The van der Waals surface area contributed by atoms with Gasteiger partial charge >= 0.3 is 5.76 Å². The van der Waals surface area contributed by atoms with Gasteiger partial charge < -0.3 is 19.2 Å². The van der Waals surface area contributed by atoms with Crippen LogP contribution in [0.4, 0.5) is 17.5 Å². The van der Waals surface area contributed by atoms with Gasteiger partial charge in [-0.3, -0.25) is 5.43 Å². The van der Waals surface area contributed by atoms with Crippen molar-refractivity contribution in [1.82, 2.24) is 14.6 Å². The molecular formula is C22H23N5O4. The highest BCUT2D eigenvalue weighted by Crippen LogP contribution is 2.34. The predicted octanol–water partition coefficient (Wildman–Crippen LogP) is 3.95. The van der Waals surface area contributed by atoms with Gasteiger partial charge in [-0.15, -0.1) is 0 Å². The van der Waals surface area contributed by atoms with E-state index in [9.17, 15) is 4.79 Å². The molecule has 4 rings (SSSR count). The molecule has 0 atom stereocenters. The second-order valence-corrected chi connectivity index (χ2v) is 7.12. The van der Waals surface area contributed by atoms with Crippen LogP contribution < -0.4 is 26.0 Å². The van der Waals surface area contributed by atoms with Crippen LogP contribution in [0, 0.1) is 20.8 Å². The van der Waals surface area contributed by atoms with Crippen LogP contribution in [0.3, 0.4) is 0 Å². The van der Waals surface area contributed by atoms with E-state index in [0.717, 1.165) is 22.4 Å². The van der Waals surface area contributed by atoms with Crippen molar-refractivity contribution >= 4 is 28.6 Å². The number of nitrogens with zero attached hydrogens (tertiary/aromatic N) is 3. The molecule has 0 saturated heterocycles. The fourth-order valence-corrected chi connectivity index (χ4v) is 3.36. The molecule has 2 aromatic heterocycles. The lowest BCUT2D eigenvalue weighted by molar-refractivity contribution is 0.353. The van der Waals surface area contributed by atoms with E-state index in [-0.39, 0.29) is 0 Å². The lowest BCUT2D eigenvalue weighted by Crippen LogP contribution is -2.23. The number of nitrogens with one attached hydrogen (secondary N) is 2.